The van der Waals surface area contributed by atoms with Gasteiger partial charge in [0, 0.05) is 32.7 Å². The molecule has 2 fully saturated rings. The van der Waals surface area contributed by atoms with Gasteiger partial charge >= 0.3 is 6.03 Å². The number of nitrogens with two attached hydrogens (primary N) is 1. The summed E-state index contributed by atoms with van der Waals surface area (Å²) >= 11 is 0. The monoisotopic (exact) mass is 310 g/mol. The molecule has 126 valence electrons. The Morgan fingerprint density at radius 1 is 1.00 bits per heavy atom. The van der Waals surface area contributed by atoms with Gasteiger partial charge in [0.25, 0.3) is 0 Å². The first-order chi connectivity index (χ1) is 10.6. The van der Waals surface area contributed by atoms with E-state index in [9.17, 15) is 9.59 Å². The highest BCUT2D eigenvalue weighted by Gasteiger charge is 2.19. The van der Waals surface area contributed by atoms with Crippen molar-refractivity contribution < 1.29 is 9.59 Å². The molecule has 0 bridgehead atoms. The Morgan fingerprint density at radius 3 is 2.50 bits per heavy atom. The van der Waals surface area contributed by atoms with Gasteiger partial charge in [-0.3, -0.25) is 9.69 Å². The zero-order valence-corrected chi connectivity index (χ0v) is 13.6. The Bertz CT molecular complexity index is 369. The summed E-state index contributed by atoms with van der Waals surface area (Å²) in [5, 5.41) is 3.05. The molecule has 0 radical (unpaired) electrons. The first-order valence-electron chi connectivity index (χ1n) is 8.68. The number of primary amides is 1. The van der Waals surface area contributed by atoms with Crippen molar-refractivity contribution in [2.45, 2.75) is 44.9 Å². The molecule has 0 atom stereocenters. The molecule has 6 heteroatoms. The second kappa shape index (κ2) is 8.98. The van der Waals surface area contributed by atoms with Gasteiger partial charge in [0.05, 0.1) is 6.54 Å². The molecular weight excluding hydrogens is 280 g/mol. The summed E-state index contributed by atoms with van der Waals surface area (Å²) in [6.07, 6.45) is 8.71. The average Bonchev–Trinajstić information content (AvgIpc) is 2.74. The van der Waals surface area contributed by atoms with Gasteiger partial charge < -0.3 is 16.0 Å². The molecule has 1 heterocycles. The number of carbonyl (C=O) groups excluding carboxylic acids is 2. The van der Waals surface area contributed by atoms with E-state index >= 15 is 0 Å². The molecule has 3 N–H and O–H groups in total. The fourth-order valence-corrected chi connectivity index (χ4v) is 3.50. The molecule has 0 unspecified atom stereocenters. The van der Waals surface area contributed by atoms with Crippen molar-refractivity contribution in [1.29, 1.82) is 0 Å². The lowest BCUT2D eigenvalue weighted by Gasteiger charge is -2.22. The van der Waals surface area contributed by atoms with Gasteiger partial charge in [-0.25, -0.2) is 4.79 Å². The molecule has 2 aliphatic rings. The van der Waals surface area contributed by atoms with E-state index in [1.807, 2.05) is 0 Å². The second-order valence-electron chi connectivity index (χ2n) is 6.60. The Kier molecular flexibility index (Phi) is 6.96. The summed E-state index contributed by atoms with van der Waals surface area (Å²) in [4.78, 5) is 27.0. The zero-order valence-electron chi connectivity index (χ0n) is 13.6. The maximum Gasteiger partial charge on any atom is 0.314 e. The molecule has 0 spiro atoms. The van der Waals surface area contributed by atoms with E-state index in [2.05, 4.69) is 10.2 Å². The third-order valence-electron chi connectivity index (χ3n) is 4.87. The number of nitrogens with zero attached hydrogens (tertiary/aromatic N) is 2. The van der Waals surface area contributed by atoms with E-state index in [-0.39, 0.29) is 11.9 Å². The predicted molar refractivity (Wildman–Crippen MR) is 86.4 cm³/mol. The third kappa shape index (κ3) is 5.83. The van der Waals surface area contributed by atoms with Gasteiger partial charge in [-0.05, 0) is 18.8 Å². The molecule has 2 rings (SSSR count). The average molecular weight is 310 g/mol. The van der Waals surface area contributed by atoms with E-state index in [0.29, 0.717) is 19.6 Å². The zero-order chi connectivity index (χ0) is 15.8. The van der Waals surface area contributed by atoms with Crippen LogP contribution in [0.5, 0.6) is 0 Å². The van der Waals surface area contributed by atoms with E-state index in [4.69, 9.17) is 5.73 Å². The highest BCUT2D eigenvalue weighted by Crippen LogP contribution is 2.25. The van der Waals surface area contributed by atoms with Gasteiger partial charge in [0.1, 0.15) is 0 Å². The van der Waals surface area contributed by atoms with Crippen LogP contribution < -0.4 is 11.1 Å². The maximum atomic E-state index is 12.0. The Balaban J connectivity index is 1.61. The van der Waals surface area contributed by atoms with Crippen molar-refractivity contribution in [2.75, 3.05) is 39.3 Å². The maximum absolute atomic E-state index is 12.0. The molecule has 1 saturated heterocycles. The topological polar surface area (TPSA) is 78.7 Å². The SMILES string of the molecule is NC(=O)N1CCCN(CC(=O)NCCC2CCCCC2)CC1. The number of hydrogen-bond acceptors (Lipinski definition) is 3. The van der Waals surface area contributed by atoms with Gasteiger partial charge in [-0.15, -0.1) is 0 Å². The number of urea groups is 1. The van der Waals surface area contributed by atoms with Gasteiger partial charge in [0.2, 0.25) is 5.91 Å². The van der Waals surface area contributed by atoms with Crippen LogP contribution in [-0.2, 0) is 4.79 Å². The van der Waals surface area contributed by atoms with Crippen LogP contribution in [0.1, 0.15) is 44.9 Å². The van der Waals surface area contributed by atoms with E-state index in [0.717, 1.165) is 38.4 Å². The number of amides is 3. The summed E-state index contributed by atoms with van der Waals surface area (Å²) in [6.45, 7) is 4.10. The standard InChI is InChI=1S/C16H30N4O2/c17-16(22)20-10-4-9-19(11-12-20)13-15(21)18-8-7-14-5-2-1-3-6-14/h14H,1-13H2,(H2,17,22)(H,18,21). The Morgan fingerprint density at radius 2 is 1.77 bits per heavy atom. The molecule has 3 amide bonds. The number of rotatable bonds is 5. The van der Waals surface area contributed by atoms with Crippen LogP contribution in [0.2, 0.25) is 0 Å². The van der Waals surface area contributed by atoms with Crippen LogP contribution in [0, 0.1) is 5.92 Å². The minimum Gasteiger partial charge on any atom is -0.355 e. The van der Waals surface area contributed by atoms with Crippen molar-refractivity contribution in [1.82, 2.24) is 15.1 Å². The summed E-state index contributed by atoms with van der Waals surface area (Å²) < 4.78 is 0. The summed E-state index contributed by atoms with van der Waals surface area (Å²) in [6, 6.07) is -0.362. The quantitative estimate of drug-likeness (QED) is 0.800. The molecule has 1 aliphatic carbocycles. The second-order valence-corrected chi connectivity index (χ2v) is 6.60. The number of carbonyl (C=O) groups is 2. The third-order valence-corrected chi connectivity index (χ3v) is 4.87. The molecule has 6 nitrogen and oxygen atoms in total. The highest BCUT2D eigenvalue weighted by molar-refractivity contribution is 5.78. The normalized spacial score (nSPS) is 21.4. The first kappa shape index (κ1) is 17.1. The molecule has 1 saturated carbocycles. The number of hydrogen-bond donors (Lipinski definition) is 2. The fourth-order valence-electron chi connectivity index (χ4n) is 3.50. The van der Waals surface area contributed by atoms with Crippen molar-refractivity contribution in [3.8, 4) is 0 Å². The molecule has 22 heavy (non-hydrogen) atoms. The van der Waals surface area contributed by atoms with Crippen LogP contribution in [0.25, 0.3) is 0 Å². The van der Waals surface area contributed by atoms with E-state index in [1.165, 1.54) is 32.1 Å². The lowest BCUT2D eigenvalue weighted by atomic mass is 9.87. The summed E-state index contributed by atoms with van der Waals surface area (Å²) in [5.74, 6) is 0.902. The molecule has 0 aromatic rings. The lowest BCUT2D eigenvalue weighted by molar-refractivity contribution is -0.122. The minimum atomic E-state index is -0.362. The van der Waals surface area contributed by atoms with Crippen LogP contribution >= 0.6 is 0 Å². The minimum absolute atomic E-state index is 0.100. The largest absolute Gasteiger partial charge is 0.355 e. The van der Waals surface area contributed by atoms with E-state index in [1.54, 1.807) is 4.90 Å². The number of nitrogens with one attached hydrogen (secondary N) is 1. The van der Waals surface area contributed by atoms with Crippen LogP contribution in [0.3, 0.4) is 0 Å². The van der Waals surface area contributed by atoms with Gasteiger partial charge in [-0.1, -0.05) is 32.1 Å². The summed E-state index contributed by atoms with van der Waals surface area (Å²) in [5.41, 5.74) is 5.31. The highest BCUT2D eigenvalue weighted by atomic mass is 16.2. The lowest BCUT2D eigenvalue weighted by Crippen LogP contribution is -2.41. The Hall–Kier alpha value is -1.30. The fraction of sp³-hybridized carbons (Fsp3) is 0.875. The van der Waals surface area contributed by atoms with Crippen LogP contribution in [-0.4, -0.2) is 61.0 Å². The summed E-state index contributed by atoms with van der Waals surface area (Å²) in [7, 11) is 0. The smallest absolute Gasteiger partial charge is 0.314 e. The van der Waals surface area contributed by atoms with E-state index < -0.39 is 0 Å². The van der Waals surface area contributed by atoms with Gasteiger partial charge in [-0.2, -0.15) is 0 Å². The van der Waals surface area contributed by atoms with Crippen LogP contribution in [0.15, 0.2) is 0 Å². The molecular formula is C16H30N4O2. The molecule has 1 aliphatic heterocycles. The molecule has 0 aromatic carbocycles. The van der Waals surface area contributed by atoms with Gasteiger partial charge in [0.15, 0.2) is 0 Å². The van der Waals surface area contributed by atoms with Crippen molar-refractivity contribution in [3.05, 3.63) is 0 Å². The molecule has 0 aromatic heterocycles. The first-order valence-corrected chi connectivity index (χ1v) is 8.68. The van der Waals surface area contributed by atoms with Crippen LogP contribution in [0.4, 0.5) is 4.79 Å². The predicted octanol–water partition coefficient (Wildman–Crippen LogP) is 1.16. The van der Waals surface area contributed by atoms with Crippen molar-refractivity contribution in [3.63, 3.8) is 0 Å². The Labute approximate surface area is 133 Å². The van der Waals surface area contributed by atoms with Crippen molar-refractivity contribution in [2.24, 2.45) is 11.7 Å². The van der Waals surface area contributed by atoms with Crippen molar-refractivity contribution >= 4 is 11.9 Å².